The number of carbonyl (C=O) groups excluding carboxylic acids is 1. The van der Waals surface area contributed by atoms with E-state index in [0.717, 1.165) is 24.7 Å². The number of hydrogen-bond donors (Lipinski definition) is 1. The Bertz CT molecular complexity index is 218. The summed E-state index contributed by atoms with van der Waals surface area (Å²) in [5.41, 5.74) is 0. The summed E-state index contributed by atoms with van der Waals surface area (Å²) in [7, 11) is 1.88. The second-order valence-electron chi connectivity index (χ2n) is 3.74. The van der Waals surface area contributed by atoms with Crippen LogP contribution in [0, 0.1) is 0 Å². The summed E-state index contributed by atoms with van der Waals surface area (Å²) in [6, 6.07) is 0.306. The quantitative estimate of drug-likeness (QED) is 0.769. The van der Waals surface area contributed by atoms with Crippen molar-refractivity contribution in [2.75, 3.05) is 31.9 Å². The fraction of sp³-hybridized carbons (Fsp3) is 0.889. The molecule has 1 N–H and O–H groups in total. The molecule has 0 aromatic carbocycles. The second-order valence-corrected chi connectivity index (χ2v) is 4.77. The lowest BCUT2D eigenvalue weighted by atomic mass is 10.2. The van der Waals surface area contributed by atoms with Crippen molar-refractivity contribution in [1.29, 1.82) is 0 Å². The van der Waals surface area contributed by atoms with E-state index in [4.69, 9.17) is 4.74 Å². The van der Waals surface area contributed by atoms with Gasteiger partial charge in [-0.25, -0.2) is 0 Å². The molecule has 2 heterocycles. The van der Waals surface area contributed by atoms with Gasteiger partial charge in [0.05, 0.1) is 18.7 Å². The van der Waals surface area contributed by atoms with Crippen LogP contribution < -0.4 is 5.32 Å². The summed E-state index contributed by atoms with van der Waals surface area (Å²) >= 11 is 1.78. The van der Waals surface area contributed by atoms with Crippen molar-refractivity contribution in [2.24, 2.45) is 0 Å². The fourth-order valence-corrected chi connectivity index (χ4v) is 2.74. The highest BCUT2D eigenvalue weighted by Crippen LogP contribution is 2.16. The van der Waals surface area contributed by atoms with E-state index in [1.54, 1.807) is 11.8 Å². The van der Waals surface area contributed by atoms with Gasteiger partial charge in [-0.3, -0.25) is 10.1 Å². The molecule has 1 unspecified atom stereocenters. The molecule has 2 atom stereocenters. The summed E-state index contributed by atoms with van der Waals surface area (Å²) in [6.45, 7) is 1.48. The fourth-order valence-electron chi connectivity index (χ4n) is 1.81. The van der Waals surface area contributed by atoms with E-state index in [0.29, 0.717) is 6.61 Å². The van der Waals surface area contributed by atoms with Gasteiger partial charge in [0.2, 0.25) is 5.91 Å². The molecule has 88 valence electrons. The number of nitrogens with one attached hydrogen (secondary N) is 1. The molecule has 15 heavy (non-hydrogen) atoms. The maximum absolute atomic E-state index is 11.9. The lowest BCUT2D eigenvalue weighted by Gasteiger charge is -2.25. The zero-order valence-electron chi connectivity index (χ0n) is 8.77. The molecule has 2 saturated heterocycles. The highest BCUT2D eigenvalue weighted by molar-refractivity contribution is 7.99. The molecule has 4 nitrogen and oxygen atoms in total. The molecule has 0 aromatic rings. The van der Waals surface area contributed by atoms with E-state index >= 15 is 0 Å². The predicted molar refractivity (Wildman–Crippen MR) is 63.5 cm³/mol. The number of halogens is 1. The van der Waals surface area contributed by atoms with E-state index in [-0.39, 0.29) is 30.4 Å². The molecule has 0 saturated carbocycles. The van der Waals surface area contributed by atoms with Crippen LogP contribution in [0.15, 0.2) is 0 Å². The molecule has 0 bridgehead atoms. The number of ether oxygens (including phenoxy) is 1. The predicted octanol–water partition coefficient (Wildman–Crippen LogP) is 0.318. The average Bonchev–Trinajstić information content (AvgIpc) is 2.87. The number of thioether (sulfide) groups is 1. The van der Waals surface area contributed by atoms with Crippen LogP contribution in [0.4, 0.5) is 0 Å². The Morgan fingerprint density at radius 1 is 1.60 bits per heavy atom. The first-order valence-electron chi connectivity index (χ1n) is 4.94. The van der Waals surface area contributed by atoms with Gasteiger partial charge in [-0.15, -0.1) is 24.2 Å². The largest absolute Gasteiger partial charge is 0.379 e. The van der Waals surface area contributed by atoms with Crippen molar-refractivity contribution in [3.05, 3.63) is 0 Å². The van der Waals surface area contributed by atoms with Crippen LogP contribution in [0.5, 0.6) is 0 Å². The summed E-state index contributed by atoms with van der Waals surface area (Å²) in [5.74, 6) is 2.01. The van der Waals surface area contributed by atoms with E-state index in [2.05, 4.69) is 5.32 Å². The van der Waals surface area contributed by atoms with Crippen LogP contribution in [-0.4, -0.2) is 54.8 Å². The number of hydrogen-bond acceptors (Lipinski definition) is 4. The lowest BCUT2D eigenvalue weighted by Crippen LogP contribution is -2.47. The Kier molecular flexibility index (Phi) is 5.18. The monoisotopic (exact) mass is 252 g/mol. The third-order valence-corrected chi connectivity index (χ3v) is 3.76. The van der Waals surface area contributed by atoms with Gasteiger partial charge >= 0.3 is 0 Å². The highest BCUT2D eigenvalue weighted by Gasteiger charge is 2.30. The maximum Gasteiger partial charge on any atom is 0.240 e. The molecule has 2 aliphatic heterocycles. The van der Waals surface area contributed by atoms with Crippen molar-refractivity contribution in [2.45, 2.75) is 18.5 Å². The van der Waals surface area contributed by atoms with Gasteiger partial charge in [0.1, 0.15) is 0 Å². The molecular weight excluding hydrogens is 236 g/mol. The number of nitrogens with zero attached hydrogens (tertiary/aromatic N) is 1. The first-order valence-corrected chi connectivity index (χ1v) is 6.10. The van der Waals surface area contributed by atoms with Gasteiger partial charge in [0.15, 0.2) is 0 Å². The Balaban J connectivity index is 0.00000112. The zero-order chi connectivity index (χ0) is 9.97. The smallest absolute Gasteiger partial charge is 0.240 e. The molecule has 0 aromatic heterocycles. The molecular formula is C9H17ClN2O2S. The molecule has 2 aliphatic rings. The van der Waals surface area contributed by atoms with Crippen molar-refractivity contribution in [1.82, 2.24) is 10.2 Å². The third kappa shape index (κ3) is 3.00. The number of rotatable bonds is 2. The third-order valence-electron chi connectivity index (χ3n) is 2.82. The summed E-state index contributed by atoms with van der Waals surface area (Å²) < 4.78 is 5.27. The average molecular weight is 253 g/mol. The van der Waals surface area contributed by atoms with Gasteiger partial charge in [0.25, 0.3) is 0 Å². The second kappa shape index (κ2) is 5.94. The van der Waals surface area contributed by atoms with Crippen molar-refractivity contribution >= 4 is 30.1 Å². The van der Waals surface area contributed by atoms with Crippen LogP contribution in [0.2, 0.25) is 0 Å². The van der Waals surface area contributed by atoms with Crippen molar-refractivity contribution < 1.29 is 9.53 Å². The normalized spacial score (nSPS) is 29.9. The molecule has 6 heteroatoms. The molecule has 2 fully saturated rings. The summed E-state index contributed by atoms with van der Waals surface area (Å²) in [4.78, 5) is 13.8. The van der Waals surface area contributed by atoms with Gasteiger partial charge in [-0.1, -0.05) is 0 Å². The minimum absolute atomic E-state index is 0. The molecule has 0 aliphatic carbocycles. The van der Waals surface area contributed by atoms with Crippen LogP contribution in [0.1, 0.15) is 6.42 Å². The number of amides is 1. The van der Waals surface area contributed by atoms with Gasteiger partial charge < -0.3 is 9.64 Å². The molecule has 2 rings (SSSR count). The molecule has 0 spiro atoms. The van der Waals surface area contributed by atoms with Crippen LogP contribution in [-0.2, 0) is 9.53 Å². The van der Waals surface area contributed by atoms with Gasteiger partial charge in [-0.05, 0) is 6.42 Å². The van der Waals surface area contributed by atoms with Crippen LogP contribution >= 0.6 is 24.2 Å². The van der Waals surface area contributed by atoms with Crippen molar-refractivity contribution in [3.8, 4) is 0 Å². The summed E-state index contributed by atoms with van der Waals surface area (Å²) in [5, 5.41) is 3.19. The summed E-state index contributed by atoms with van der Waals surface area (Å²) in [6.07, 6.45) is 0.974. The maximum atomic E-state index is 11.9. The Hall–Kier alpha value is 0.0300. The number of likely N-dealkylation sites (N-methyl/N-ethyl adjacent to an activating group) is 1. The lowest BCUT2D eigenvalue weighted by molar-refractivity contribution is -0.133. The Labute approximate surface area is 101 Å². The van der Waals surface area contributed by atoms with E-state index in [1.165, 1.54) is 0 Å². The van der Waals surface area contributed by atoms with Crippen molar-refractivity contribution in [3.63, 3.8) is 0 Å². The minimum atomic E-state index is 0. The van der Waals surface area contributed by atoms with E-state index < -0.39 is 0 Å². The standard InChI is InChI=1S/C9H16N2O2S.ClH/c1-11(7-2-3-13-4-7)9(12)8-5-14-6-10-8;/h7-8,10H,2-6H2,1H3;1H/t7?,8-;/m1./s1. The highest BCUT2D eigenvalue weighted by atomic mass is 35.5. The molecule has 0 radical (unpaired) electrons. The van der Waals surface area contributed by atoms with E-state index in [9.17, 15) is 4.79 Å². The zero-order valence-corrected chi connectivity index (χ0v) is 10.4. The molecule has 1 amide bonds. The SMILES string of the molecule is CN(C(=O)[C@H]1CSCN1)C1CCOC1.Cl. The first kappa shape index (κ1) is 13.1. The van der Waals surface area contributed by atoms with Gasteiger partial charge in [-0.2, -0.15) is 0 Å². The Morgan fingerprint density at radius 3 is 2.93 bits per heavy atom. The minimum Gasteiger partial charge on any atom is -0.379 e. The topological polar surface area (TPSA) is 41.6 Å². The van der Waals surface area contributed by atoms with E-state index in [1.807, 2.05) is 11.9 Å². The Morgan fingerprint density at radius 2 is 2.40 bits per heavy atom. The first-order chi connectivity index (χ1) is 6.79. The number of carbonyl (C=O) groups is 1. The van der Waals surface area contributed by atoms with Gasteiger partial charge in [0, 0.05) is 25.3 Å². The van der Waals surface area contributed by atoms with Crippen LogP contribution in [0.3, 0.4) is 0 Å². The van der Waals surface area contributed by atoms with Crippen LogP contribution in [0.25, 0.3) is 0 Å².